The normalized spacial score (nSPS) is 19.9. The van der Waals surface area contributed by atoms with E-state index in [1.165, 1.54) is 29.5 Å². The molecule has 0 aliphatic heterocycles. The SMILES string of the molecule is CN[C@@H]1CC[C@H](NC(c2ccccc2)(c2ccccc2)c2ccccc2)C1. The standard InChI is InChI=1S/C25H28N2/c1-26-23-17-18-24(19-23)27-25(20-11-5-2-6-12-20,21-13-7-3-8-14-21)22-15-9-4-10-16-22/h2-16,23-24,26-27H,17-19H2,1H3/t23-,24+/m1/s1. The third-order valence-corrected chi connectivity index (χ3v) is 5.88. The second kappa shape index (κ2) is 8.08. The Hall–Kier alpha value is -2.42. The van der Waals surface area contributed by atoms with Gasteiger partial charge in [-0.05, 0) is 43.0 Å². The number of hydrogen-bond donors (Lipinski definition) is 2. The molecule has 27 heavy (non-hydrogen) atoms. The van der Waals surface area contributed by atoms with E-state index >= 15 is 0 Å². The van der Waals surface area contributed by atoms with Crippen molar-refractivity contribution >= 4 is 0 Å². The van der Waals surface area contributed by atoms with Crippen molar-refractivity contribution in [1.82, 2.24) is 10.6 Å². The van der Waals surface area contributed by atoms with Crippen LogP contribution in [0.3, 0.4) is 0 Å². The molecule has 3 aromatic carbocycles. The van der Waals surface area contributed by atoms with Crippen LogP contribution in [0.25, 0.3) is 0 Å². The molecule has 0 heterocycles. The summed E-state index contributed by atoms with van der Waals surface area (Å²) < 4.78 is 0. The number of rotatable bonds is 6. The Labute approximate surface area is 162 Å². The zero-order valence-electron chi connectivity index (χ0n) is 15.9. The zero-order valence-corrected chi connectivity index (χ0v) is 15.9. The predicted molar refractivity (Wildman–Crippen MR) is 113 cm³/mol. The van der Waals surface area contributed by atoms with Crippen LogP contribution in [-0.2, 0) is 5.54 Å². The van der Waals surface area contributed by atoms with Crippen LogP contribution in [-0.4, -0.2) is 19.1 Å². The predicted octanol–water partition coefficient (Wildman–Crippen LogP) is 4.71. The lowest BCUT2D eigenvalue weighted by Gasteiger charge is -2.39. The summed E-state index contributed by atoms with van der Waals surface area (Å²) in [6.07, 6.45) is 3.58. The largest absolute Gasteiger partial charge is 0.317 e. The van der Waals surface area contributed by atoms with E-state index in [0.717, 1.165) is 6.42 Å². The Morgan fingerprint density at radius 1 is 0.630 bits per heavy atom. The summed E-state index contributed by atoms with van der Waals surface area (Å²) in [4.78, 5) is 0. The summed E-state index contributed by atoms with van der Waals surface area (Å²) in [5.41, 5.74) is 3.51. The van der Waals surface area contributed by atoms with Crippen molar-refractivity contribution in [3.05, 3.63) is 108 Å². The van der Waals surface area contributed by atoms with E-state index in [4.69, 9.17) is 0 Å². The lowest BCUT2D eigenvalue weighted by molar-refractivity contribution is 0.387. The minimum atomic E-state index is -0.350. The highest BCUT2D eigenvalue weighted by Crippen LogP contribution is 2.38. The molecule has 2 nitrogen and oxygen atoms in total. The van der Waals surface area contributed by atoms with Crippen molar-refractivity contribution in [2.75, 3.05) is 7.05 Å². The average Bonchev–Trinajstić information content (AvgIpc) is 3.21. The van der Waals surface area contributed by atoms with Gasteiger partial charge in [0.2, 0.25) is 0 Å². The molecule has 0 radical (unpaired) electrons. The van der Waals surface area contributed by atoms with Crippen LogP contribution in [0.4, 0.5) is 0 Å². The first-order valence-corrected chi connectivity index (χ1v) is 9.94. The van der Waals surface area contributed by atoms with Gasteiger partial charge in [0.05, 0.1) is 5.54 Å². The number of hydrogen-bond acceptors (Lipinski definition) is 2. The third kappa shape index (κ3) is 3.55. The topological polar surface area (TPSA) is 24.1 Å². The molecule has 0 saturated heterocycles. The Morgan fingerprint density at radius 2 is 1.04 bits per heavy atom. The minimum Gasteiger partial charge on any atom is -0.317 e. The average molecular weight is 357 g/mol. The van der Waals surface area contributed by atoms with Crippen LogP contribution in [0.1, 0.15) is 36.0 Å². The molecule has 0 unspecified atom stereocenters. The van der Waals surface area contributed by atoms with E-state index in [-0.39, 0.29) is 5.54 Å². The number of benzene rings is 3. The molecule has 138 valence electrons. The summed E-state index contributed by atoms with van der Waals surface area (Å²) in [5.74, 6) is 0. The van der Waals surface area contributed by atoms with E-state index in [1.807, 2.05) is 0 Å². The van der Waals surface area contributed by atoms with Gasteiger partial charge in [-0.25, -0.2) is 0 Å². The monoisotopic (exact) mass is 356 g/mol. The van der Waals surface area contributed by atoms with E-state index in [1.54, 1.807) is 0 Å². The fraction of sp³-hybridized carbons (Fsp3) is 0.280. The molecule has 4 rings (SSSR count). The van der Waals surface area contributed by atoms with E-state index in [0.29, 0.717) is 12.1 Å². The van der Waals surface area contributed by atoms with Crippen molar-refractivity contribution in [2.24, 2.45) is 0 Å². The van der Waals surface area contributed by atoms with Crippen LogP contribution in [0.2, 0.25) is 0 Å². The highest BCUT2D eigenvalue weighted by molar-refractivity contribution is 5.49. The minimum absolute atomic E-state index is 0.350. The number of nitrogens with one attached hydrogen (secondary N) is 2. The lowest BCUT2D eigenvalue weighted by atomic mass is 9.76. The molecule has 0 bridgehead atoms. The molecule has 0 aromatic heterocycles. The van der Waals surface area contributed by atoms with Gasteiger partial charge in [-0.1, -0.05) is 91.0 Å². The first-order valence-electron chi connectivity index (χ1n) is 9.94. The van der Waals surface area contributed by atoms with Gasteiger partial charge in [0, 0.05) is 12.1 Å². The fourth-order valence-electron chi connectivity index (χ4n) is 4.50. The van der Waals surface area contributed by atoms with Gasteiger partial charge in [0.25, 0.3) is 0 Å². The van der Waals surface area contributed by atoms with E-state index in [2.05, 4.69) is 109 Å². The Bertz CT molecular complexity index is 733. The summed E-state index contributed by atoms with van der Waals surface area (Å²) in [6, 6.07) is 33.7. The van der Waals surface area contributed by atoms with Crippen molar-refractivity contribution < 1.29 is 0 Å². The maximum absolute atomic E-state index is 4.10. The summed E-state index contributed by atoms with van der Waals surface area (Å²) in [7, 11) is 2.08. The first kappa shape index (κ1) is 18.0. The smallest absolute Gasteiger partial charge is 0.0950 e. The van der Waals surface area contributed by atoms with Crippen LogP contribution >= 0.6 is 0 Å². The van der Waals surface area contributed by atoms with Crippen molar-refractivity contribution in [3.63, 3.8) is 0 Å². The van der Waals surface area contributed by atoms with Gasteiger partial charge in [-0.2, -0.15) is 0 Å². The van der Waals surface area contributed by atoms with Gasteiger partial charge < -0.3 is 5.32 Å². The van der Waals surface area contributed by atoms with Crippen LogP contribution in [0.5, 0.6) is 0 Å². The molecule has 2 N–H and O–H groups in total. The Balaban J connectivity index is 1.87. The van der Waals surface area contributed by atoms with Gasteiger partial charge in [0.15, 0.2) is 0 Å². The lowest BCUT2D eigenvalue weighted by Crippen LogP contribution is -2.49. The third-order valence-electron chi connectivity index (χ3n) is 5.88. The quantitative estimate of drug-likeness (QED) is 0.625. The molecular weight excluding hydrogens is 328 g/mol. The molecule has 0 amide bonds. The molecule has 3 aromatic rings. The van der Waals surface area contributed by atoms with E-state index < -0.39 is 0 Å². The first-order chi connectivity index (χ1) is 13.3. The second-order valence-electron chi connectivity index (χ2n) is 7.49. The molecular formula is C25H28N2. The Kier molecular flexibility index (Phi) is 5.38. The van der Waals surface area contributed by atoms with Gasteiger partial charge >= 0.3 is 0 Å². The van der Waals surface area contributed by atoms with Crippen LogP contribution < -0.4 is 10.6 Å². The zero-order chi connectivity index (χ0) is 18.5. The van der Waals surface area contributed by atoms with Crippen molar-refractivity contribution in [3.8, 4) is 0 Å². The summed E-state index contributed by atoms with van der Waals surface area (Å²) in [6.45, 7) is 0. The fourth-order valence-corrected chi connectivity index (χ4v) is 4.50. The van der Waals surface area contributed by atoms with E-state index in [9.17, 15) is 0 Å². The summed E-state index contributed by atoms with van der Waals surface area (Å²) in [5, 5.41) is 7.56. The van der Waals surface area contributed by atoms with Gasteiger partial charge in [-0.3, -0.25) is 5.32 Å². The molecule has 1 saturated carbocycles. The van der Waals surface area contributed by atoms with Crippen LogP contribution in [0.15, 0.2) is 91.0 Å². The molecule has 1 fully saturated rings. The molecule has 1 aliphatic rings. The van der Waals surface area contributed by atoms with Crippen LogP contribution in [0, 0.1) is 0 Å². The van der Waals surface area contributed by atoms with Gasteiger partial charge in [-0.15, -0.1) is 0 Å². The molecule has 1 aliphatic carbocycles. The molecule has 2 heteroatoms. The highest BCUT2D eigenvalue weighted by atomic mass is 15.0. The highest BCUT2D eigenvalue weighted by Gasteiger charge is 2.39. The molecule has 2 atom stereocenters. The Morgan fingerprint density at radius 3 is 1.41 bits per heavy atom. The molecule has 0 spiro atoms. The van der Waals surface area contributed by atoms with Gasteiger partial charge in [0.1, 0.15) is 0 Å². The summed E-state index contributed by atoms with van der Waals surface area (Å²) >= 11 is 0. The second-order valence-corrected chi connectivity index (χ2v) is 7.49. The van der Waals surface area contributed by atoms with Crippen molar-refractivity contribution in [1.29, 1.82) is 0 Å². The maximum atomic E-state index is 4.10. The van der Waals surface area contributed by atoms with Crippen molar-refractivity contribution in [2.45, 2.75) is 36.9 Å². The maximum Gasteiger partial charge on any atom is 0.0950 e.